The van der Waals surface area contributed by atoms with Gasteiger partial charge in [-0.2, -0.15) is 5.26 Å². The number of hydrogen-bond donors (Lipinski definition) is 3. The Labute approximate surface area is 187 Å². The number of thiophene rings is 1. The van der Waals surface area contributed by atoms with Crippen LogP contribution in [0.5, 0.6) is 5.75 Å². The number of benzene rings is 2. The van der Waals surface area contributed by atoms with Gasteiger partial charge in [0.15, 0.2) is 11.5 Å². The van der Waals surface area contributed by atoms with E-state index in [1.54, 1.807) is 25.1 Å². The first kappa shape index (κ1) is 22.8. The molecule has 0 aliphatic heterocycles. The van der Waals surface area contributed by atoms with E-state index in [2.05, 4.69) is 4.72 Å². The largest absolute Gasteiger partial charge is 0.480 e. The number of anilines is 1. The Morgan fingerprint density at radius 2 is 1.88 bits per heavy atom. The summed E-state index contributed by atoms with van der Waals surface area (Å²) in [7, 11) is -4.05. The molecule has 32 heavy (non-hydrogen) atoms. The quantitative estimate of drug-likeness (QED) is 0.450. The van der Waals surface area contributed by atoms with Crippen LogP contribution in [0.4, 0.5) is 5.69 Å². The van der Waals surface area contributed by atoms with Crippen LogP contribution in [0.1, 0.15) is 20.8 Å². The van der Waals surface area contributed by atoms with Crippen LogP contribution in [0.2, 0.25) is 0 Å². The normalized spacial score (nSPS) is 10.9. The lowest BCUT2D eigenvalue weighted by Crippen LogP contribution is -2.14. The number of rotatable bonds is 8. The van der Waals surface area contributed by atoms with E-state index in [0.29, 0.717) is 16.0 Å². The van der Waals surface area contributed by atoms with Gasteiger partial charge in [0, 0.05) is 16.1 Å². The Hall–Kier alpha value is -3.88. The molecule has 0 unspecified atom stereocenters. The number of aromatic carboxylic acids is 1. The molecule has 0 amide bonds. The third-order valence-corrected chi connectivity index (χ3v) is 7.05. The van der Waals surface area contributed by atoms with Gasteiger partial charge in [-0.1, -0.05) is 24.3 Å². The van der Waals surface area contributed by atoms with Gasteiger partial charge in [0.1, 0.15) is 16.7 Å². The zero-order valence-corrected chi connectivity index (χ0v) is 18.2. The number of carboxylic acid groups (broad SMARTS) is 2. The van der Waals surface area contributed by atoms with Gasteiger partial charge in [0.25, 0.3) is 10.0 Å². The van der Waals surface area contributed by atoms with Crippen LogP contribution in [0.25, 0.3) is 10.4 Å². The molecule has 0 radical (unpaired) electrons. The van der Waals surface area contributed by atoms with Crippen molar-refractivity contribution in [2.45, 2.75) is 11.8 Å². The van der Waals surface area contributed by atoms with Gasteiger partial charge in [-0.15, -0.1) is 11.3 Å². The second-order valence-corrected chi connectivity index (χ2v) is 9.17. The summed E-state index contributed by atoms with van der Waals surface area (Å²) >= 11 is 0.890. The molecule has 9 nitrogen and oxygen atoms in total. The maximum Gasteiger partial charge on any atom is 0.349 e. The van der Waals surface area contributed by atoms with Crippen LogP contribution in [-0.4, -0.2) is 37.2 Å². The van der Waals surface area contributed by atoms with E-state index in [0.717, 1.165) is 11.3 Å². The molecule has 3 aromatic rings. The highest BCUT2D eigenvalue weighted by molar-refractivity contribution is 7.92. The average molecular weight is 473 g/mol. The summed E-state index contributed by atoms with van der Waals surface area (Å²) in [4.78, 5) is 22.6. The van der Waals surface area contributed by atoms with Crippen LogP contribution < -0.4 is 9.46 Å². The fourth-order valence-electron chi connectivity index (χ4n) is 2.95. The minimum atomic E-state index is -4.05. The number of nitrogens with one attached hydrogen (secondary N) is 1. The molecule has 164 valence electrons. The minimum absolute atomic E-state index is 0.00317. The molecule has 3 rings (SSSR count). The van der Waals surface area contributed by atoms with Crippen molar-refractivity contribution in [3.05, 3.63) is 64.5 Å². The van der Waals surface area contributed by atoms with E-state index < -0.39 is 28.6 Å². The van der Waals surface area contributed by atoms with E-state index in [1.807, 2.05) is 6.07 Å². The van der Waals surface area contributed by atoms with E-state index in [-0.39, 0.29) is 26.8 Å². The van der Waals surface area contributed by atoms with Crippen molar-refractivity contribution in [1.82, 2.24) is 0 Å². The molecule has 0 saturated heterocycles. The van der Waals surface area contributed by atoms with Crippen molar-refractivity contribution in [1.29, 1.82) is 5.26 Å². The molecule has 0 fully saturated rings. The Bertz CT molecular complexity index is 1350. The number of hydrogen-bond acceptors (Lipinski definition) is 7. The van der Waals surface area contributed by atoms with E-state index in [1.165, 1.54) is 30.3 Å². The summed E-state index contributed by atoms with van der Waals surface area (Å²) in [5.74, 6) is -2.56. The first-order valence-electron chi connectivity index (χ1n) is 8.97. The molecule has 1 aromatic heterocycles. The SMILES string of the molecule is Cc1c(-c2cccc(NS(=O)(=O)c3ccccc3C#N)c2)sc(C(=O)O)c1OCC(=O)O. The Balaban J connectivity index is 2.00. The lowest BCUT2D eigenvalue weighted by Gasteiger charge is -2.10. The number of nitriles is 1. The van der Waals surface area contributed by atoms with Gasteiger partial charge in [-0.25, -0.2) is 18.0 Å². The monoisotopic (exact) mass is 472 g/mol. The van der Waals surface area contributed by atoms with Gasteiger partial charge in [0.05, 0.1) is 5.56 Å². The van der Waals surface area contributed by atoms with Gasteiger partial charge in [-0.05, 0) is 36.8 Å². The van der Waals surface area contributed by atoms with Crippen LogP contribution in [0.3, 0.4) is 0 Å². The highest BCUT2D eigenvalue weighted by Crippen LogP contribution is 2.42. The molecule has 0 aliphatic rings. The summed E-state index contributed by atoms with van der Waals surface area (Å²) in [5, 5.41) is 27.5. The minimum Gasteiger partial charge on any atom is -0.480 e. The summed E-state index contributed by atoms with van der Waals surface area (Å²) in [6, 6.07) is 13.9. The van der Waals surface area contributed by atoms with Crippen LogP contribution in [0, 0.1) is 18.3 Å². The number of carboxylic acids is 2. The lowest BCUT2D eigenvalue weighted by molar-refractivity contribution is -0.139. The van der Waals surface area contributed by atoms with Gasteiger partial charge in [0.2, 0.25) is 0 Å². The van der Waals surface area contributed by atoms with Gasteiger partial charge < -0.3 is 14.9 Å². The smallest absolute Gasteiger partial charge is 0.349 e. The second kappa shape index (κ2) is 9.09. The van der Waals surface area contributed by atoms with E-state index >= 15 is 0 Å². The topological polar surface area (TPSA) is 154 Å². The molecule has 0 spiro atoms. The number of nitrogens with zero attached hydrogens (tertiary/aromatic N) is 1. The highest BCUT2D eigenvalue weighted by atomic mass is 32.2. The fraction of sp³-hybridized carbons (Fsp3) is 0.0952. The molecule has 0 saturated carbocycles. The average Bonchev–Trinajstić information content (AvgIpc) is 3.08. The highest BCUT2D eigenvalue weighted by Gasteiger charge is 2.24. The summed E-state index contributed by atoms with van der Waals surface area (Å²) in [6.45, 7) is 0.894. The maximum absolute atomic E-state index is 12.8. The number of ether oxygens (including phenoxy) is 1. The predicted molar refractivity (Wildman–Crippen MR) is 117 cm³/mol. The zero-order chi connectivity index (χ0) is 23.5. The Morgan fingerprint density at radius 1 is 1.16 bits per heavy atom. The van der Waals surface area contributed by atoms with Crippen molar-refractivity contribution in [3.63, 3.8) is 0 Å². The number of sulfonamides is 1. The molecule has 1 heterocycles. The van der Waals surface area contributed by atoms with E-state index in [9.17, 15) is 28.4 Å². The third-order valence-electron chi connectivity index (χ3n) is 4.30. The van der Waals surface area contributed by atoms with Crippen LogP contribution >= 0.6 is 11.3 Å². The fourth-order valence-corrected chi connectivity index (χ4v) is 5.24. The van der Waals surface area contributed by atoms with Crippen molar-refractivity contribution in [2.24, 2.45) is 0 Å². The molecule has 11 heteroatoms. The summed E-state index contributed by atoms with van der Waals surface area (Å²) in [6.07, 6.45) is 0. The van der Waals surface area contributed by atoms with Gasteiger partial charge in [-0.3, -0.25) is 4.72 Å². The van der Waals surface area contributed by atoms with Crippen LogP contribution in [0.15, 0.2) is 53.4 Å². The number of carbonyl (C=O) groups is 2. The summed E-state index contributed by atoms with van der Waals surface area (Å²) < 4.78 is 33.2. The molecule has 0 bridgehead atoms. The maximum atomic E-state index is 12.8. The number of aliphatic carboxylic acids is 1. The Kier molecular flexibility index (Phi) is 6.47. The lowest BCUT2D eigenvalue weighted by atomic mass is 10.1. The first-order chi connectivity index (χ1) is 15.1. The van der Waals surface area contributed by atoms with Crippen molar-refractivity contribution >= 4 is 39.0 Å². The molecule has 0 aliphatic carbocycles. The summed E-state index contributed by atoms with van der Waals surface area (Å²) in [5.41, 5.74) is 1.13. The van der Waals surface area contributed by atoms with Crippen molar-refractivity contribution in [3.8, 4) is 22.3 Å². The second-order valence-electron chi connectivity index (χ2n) is 6.50. The molecule has 3 N–H and O–H groups in total. The standard InChI is InChI=1S/C21H16N2O7S2/c1-12-18(30-11-17(24)25)20(21(26)27)31-19(12)13-6-4-7-15(9-13)23-32(28,29)16-8-3-2-5-14(16)10-22/h2-9,23H,11H2,1H3,(H,24,25)(H,26,27). The van der Waals surface area contributed by atoms with Crippen LogP contribution in [-0.2, 0) is 14.8 Å². The van der Waals surface area contributed by atoms with Gasteiger partial charge >= 0.3 is 11.9 Å². The molecular formula is C21H16N2O7S2. The van der Waals surface area contributed by atoms with Crippen molar-refractivity contribution in [2.75, 3.05) is 11.3 Å². The first-order valence-corrected chi connectivity index (χ1v) is 11.3. The molecule has 0 atom stereocenters. The zero-order valence-electron chi connectivity index (χ0n) is 16.5. The Morgan fingerprint density at radius 3 is 2.53 bits per heavy atom. The third kappa shape index (κ3) is 4.72. The molecular weight excluding hydrogens is 456 g/mol. The predicted octanol–water partition coefficient (Wildman–Crippen LogP) is 3.56. The molecule has 2 aromatic carbocycles. The van der Waals surface area contributed by atoms with Crippen molar-refractivity contribution < 1.29 is 33.0 Å². The van der Waals surface area contributed by atoms with E-state index in [4.69, 9.17) is 9.84 Å².